The van der Waals surface area contributed by atoms with Crippen molar-refractivity contribution < 1.29 is 19.2 Å². The van der Waals surface area contributed by atoms with E-state index in [1.807, 2.05) is 36.3 Å². The second-order valence-corrected chi connectivity index (χ2v) is 4.92. The maximum absolute atomic E-state index is 11.9. The summed E-state index contributed by atoms with van der Waals surface area (Å²) in [5.74, 6) is 1.82. The molecule has 1 aliphatic heterocycles. The van der Waals surface area contributed by atoms with Crippen LogP contribution in [-0.2, 0) is 19.2 Å². The van der Waals surface area contributed by atoms with E-state index in [0.29, 0.717) is 6.61 Å². The second kappa shape index (κ2) is 5.67. The van der Waals surface area contributed by atoms with Crippen molar-refractivity contribution in [1.82, 2.24) is 9.63 Å². The number of ether oxygens (including phenoxy) is 1. The zero-order valence-electron chi connectivity index (χ0n) is 12.4. The number of carbonyl (C=O) groups is 1. The van der Waals surface area contributed by atoms with E-state index in [4.69, 9.17) is 9.57 Å². The molecule has 0 bridgehead atoms. The number of esters is 1. The Kier molecular flexibility index (Phi) is 3.71. The van der Waals surface area contributed by atoms with Crippen LogP contribution in [0.25, 0.3) is 16.7 Å². The van der Waals surface area contributed by atoms with Crippen LogP contribution < -0.4 is 0 Å². The summed E-state index contributed by atoms with van der Waals surface area (Å²) in [7, 11) is 1.46. The van der Waals surface area contributed by atoms with Gasteiger partial charge in [0.25, 0.3) is 0 Å². The molecule has 2 aromatic rings. The zero-order chi connectivity index (χ0) is 15.7. The van der Waals surface area contributed by atoms with Crippen molar-refractivity contribution in [3.05, 3.63) is 36.0 Å². The number of carbonyl (C=O) groups excluding carboxylic acids is 2. The third kappa shape index (κ3) is 2.09. The first-order chi connectivity index (χ1) is 10.7. The van der Waals surface area contributed by atoms with E-state index in [9.17, 15) is 9.59 Å². The largest absolute Gasteiger partial charge is 0.466 e. The number of hydrogen-bond donors (Lipinski definition) is 0. The van der Waals surface area contributed by atoms with Crippen LogP contribution in [0.15, 0.2) is 30.3 Å². The molecule has 1 aliphatic rings. The summed E-state index contributed by atoms with van der Waals surface area (Å²) >= 11 is 0. The normalized spacial score (nSPS) is 16.7. The summed E-state index contributed by atoms with van der Waals surface area (Å²) in [6, 6.07) is 9.24. The predicted octanol–water partition coefficient (Wildman–Crippen LogP) is 2.14. The number of rotatable bonds is 4. The van der Waals surface area contributed by atoms with Crippen LogP contribution in [0.3, 0.4) is 0 Å². The molecule has 0 saturated heterocycles. The highest BCUT2D eigenvalue weighted by Gasteiger charge is 2.38. The molecule has 22 heavy (non-hydrogen) atoms. The predicted molar refractivity (Wildman–Crippen MR) is 80.2 cm³/mol. The molecule has 0 aliphatic carbocycles. The maximum Gasteiger partial charge on any atom is 0.308 e. The Hall–Kier alpha value is -2.56. The van der Waals surface area contributed by atoms with Crippen molar-refractivity contribution >= 4 is 28.6 Å². The highest BCUT2D eigenvalue weighted by atomic mass is 16.7. The molecular formula is C16H16N2O4. The van der Waals surface area contributed by atoms with Crippen LogP contribution >= 0.6 is 0 Å². The zero-order valence-corrected chi connectivity index (χ0v) is 12.4. The summed E-state index contributed by atoms with van der Waals surface area (Å²) in [4.78, 5) is 28.6. The van der Waals surface area contributed by atoms with Gasteiger partial charge in [-0.25, -0.2) is 9.86 Å². The van der Waals surface area contributed by atoms with Gasteiger partial charge in [0.15, 0.2) is 5.94 Å². The number of aromatic nitrogens is 1. The lowest BCUT2D eigenvalue weighted by Gasteiger charge is -2.22. The van der Waals surface area contributed by atoms with Crippen molar-refractivity contribution in [1.29, 1.82) is 0 Å². The van der Waals surface area contributed by atoms with Gasteiger partial charge in [0, 0.05) is 5.39 Å². The number of hydroxylamine groups is 2. The molecule has 1 aromatic heterocycles. The molecule has 0 N–H and O–H groups in total. The van der Waals surface area contributed by atoms with Crippen molar-refractivity contribution in [3.8, 4) is 0 Å². The SMILES string of the molecule is CCOC(=O)CC1c2cc3ccccc3n2C(=C=O)N1OC. The van der Waals surface area contributed by atoms with Crippen LogP contribution in [-0.4, -0.2) is 35.3 Å². The van der Waals surface area contributed by atoms with Crippen LogP contribution in [0.5, 0.6) is 0 Å². The Morgan fingerprint density at radius 2 is 2.14 bits per heavy atom. The molecule has 0 amide bonds. The fraction of sp³-hybridized carbons (Fsp3) is 0.312. The minimum atomic E-state index is -0.409. The van der Waals surface area contributed by atoms with Gasteiger partial charge in [0.2, 0.25) is 5.82 Å². The fourth-order valence-electron chi connectivity index (χ4n) is 2.89. The third-order valence-electron chi connectivity index (χ3n) is 3.74. The lowest BCUT2D eigenvalue weighted by atomic mass is 10.1. The summed E-state index contributed by atoms with van der Waals surface area (Å²) < 4.78 is 6.79. The molecule has 6 nitrogen and oxygen atoms in total. The van der Waals surface area contributed by atoms with Crippen molar-refractivity contribution in [2.24, 2.45) is 0 Å². The van der Waals surface area contributed by atoms with Gasteiger partial charge in [-0.05, 0) is 19.1 Å². The highest BCUT2D eigenvalue weighted by Crippen LogP contribution is 2.41. The van der Waals surface area contributed by atoms with Gasteiger partial charge in [-0.1, -0.05) is 18.2 Å². The van der Waals surface area contributed by atoms with Crippen LogP contribution in [0.1, 0.15) is 25.1 Å². The number of hydrogen-bond acceptors (Lipinski definition) is 5. The standard InChI is InChI=1S/C16H16N2O4/c1-3-22-16(20)9-14-13-8-11-6-4-5-7-12(11)17(13)15(10-19)18(14)21-2/h4-8,14H,3,9H2,1-2H3. The van der Waals surface area contributed by atoms with E-state index >= 15 is 0 Å². The average molecular weight is 300 g/mol. The molecule has 1 atom stereocenters. The van der Waals surface area contributed by atoms with E-state index in [0.717, 1.165) is 16.6 Å². The van der Waals surface area contributed by atoms with Crippen LogP contribution in [0.4, 0.5) is 0 Å². The van der Waals surface area contributed by atoms with Gasteiger partial charge >= 0.3 is 5.97 Å². The minimum Gasteiger partial charge on any atom is -0.466 e. The van der Waals surface area contributed by atoms with Gasteiger partial charge in [0.05, 0.1) is 31.3 Å². The first-order valence-electron chi connectivity index (χ1n) is 7.06. The topological polar surface area (TPSA) is 60.8 Å². The van der Waals surface area contributed by atoms with Gasteiger partial charge in [-0.15, -0.1) is 0 Å². The average Bonchev–Trinajstić information content (AvgIpc) is 3.02. The van der Waals surface area contributed by atoms with Crippen LogP contribution in [0, 0.1) is 0 Å². The third-order valence-corrected chi connectivity index (χ3v) is 3.74. The van der Waals surface area contributed by atoms with Gasteiger partial charge < -0.3 is 4.74 Å². The summed E-state index contributed by atoms with van der Waals surface area (Å²) in [6.45, 7) is 2.08. The van der Waals surface area contributed by atoms with E-state index in [1.165, 1.54) is 12.2 Å². The Morgan fingerprint density at radius 3 is 2.82 bits per heavy atom. The Bertz CT molecular complexity index is 774. The maximum atomic E-state index is 11.9. The molecule has 6 heteroatoms. The number of para-hydroxylation sites is 1. The monoisotopic (exact) mass is 300 g/mol. The van der Waals surface area contributed by atoms with E-state index in [1.54, 1.807) is 11.5 Å². The summed E-state index contributed by atoms with van der Waals surface area (Å²) in [6.07, 6.45) is 0.100. The summed E-state index contributed by atoms with van der Waals surface area (Å²) in [5, 5.41) is 2.40. The summed E-state index contributed by atoms with van der Waals surface area (Å²) in [5.41, 5.74) is 1.69. The smallest absolute Gasteiger partial charge is 0.308 e. The second-order valence-electron chi connectivity index (χ2n) is 4.92. The number of nitrogens with zero attached hydrogens (tertiary/aromatic N) is 2. The number of benzene rings is 1. The van der Waals surface area contributed by atoms with Crippen molar-refractivity contribution in [3.63, 3.8) is 0 Å². The Labute approximate surface area is 127 Å². The molecule has 114 valence electrons. The molecule has 0 saturated carbocycles. The molecule has 0 fully saturated rings. The molecule has 2 heterocycles. The molecule has 1 aromatic carbocycles. The Morgan fingerprint density at radius 1 is 1.36 bits per heavy atom. The van der Waals surface area contributed by atoms with Crippen LogP contribution in [0.2, 0.25) is 0 Å². The van der Waals surface area contributed by atoms with Crippen molar-refractivity contribution in [2.45, 2.75) is 19.4 Å². The van der Waals surface area contributed by atoms with E-state index in [2.05, 4.69) is 0 Å². The highest BCUT2D eigenvalue weighted by molar-refractivity contribution is 5.91. The van der Waals surface area contributed by atoms with Gasteiger partial charge in [0.1, 0.15) is 6.04 Å². The van der Waals surface area contributed by atoms with Crippen molar-refractivity contribution in [2.75, 3.05) is 13.7 Å². The Balaban J connectivity index is 2.11. The fourth-order valence-corrected chi connectivity index (χ4v) is 2.89. The lowest BCUT2D eigenvalue weighted by molar-refractivity contribution is -0.151. The molecular weight excluding hydrogens is 284 g/mol. The first-order valence-corrected chi connectivity index (χ1v) is 7.06. The minimum absolute atomic E-state index is 0.100. The first kappa shape index (κ1) is 14.4. The van der Waals surface area contributed by atoms with Gasteiger partial charge in [-0.2, -0.15) is 0 Å². The van der Waals surface area contributed by atoms with E-state index in [-0.39, 0.29) is 18.2 Å². The molecule has 3 rings (SSSR count). The molecule has 0 radical (unpaired) electrons. The molecule has 1 unspecified atom stereocenters. The molecule has 0 spiro atoms. The lowest BCUT2D eigenvalue weighted by Crippen LogP contribution is -2.24. The number of fused-ring (bicyclic) bond motifs is 3. The van der Waals surface area contributed by atoms with Gasteiger partial charge in [-0.3, -0.25) is 14.2 Å². The van der Waals surface area contributed by atoms with E-state index < -0.39 is 6.04 Å². The quantitative estimate of drug-likeness (QED) is 0.639.